The van der Waals surface area contributed by atoms with E-state index in [1.807, 2.05) is 25.1 Å². The smallest absolute Gasteiger partial charge is 0.243 e. The predicted molar refractivity (Wildman–Crippen MR) is 87.3 cm³/mol. The molecule has 0 amide bonds. The van der Waals surface area contributed by atoms with Gasteiger partial charge in [0.15, 0.2) is 5.82 Å². The van der Waals surface area contributed by atoms with Gasteiger partial charge in [-0.15, -0.1) is 0 Å². The van der Waals surface area contributed by atoms with Crippen LogP contribution >= 0.6 is 11.6 Å². The summed E-state index contributed by atoms with van der Waals surface area (Å²) in [6.07, 6.45) is 0.804. The van der Waals surface area contributed by atoms with Crippen LogP contribution in [0.4, 0.5) is 5.69 Å². The predicted octanol–water partition coefficient (Wildman–Crippen LogP) is 3.17. The van der Waals surface area contributed by atoms with Crippen LogP contribution in [0.5, 0.6) is 0 Å². The maximum absolute atomic E-state index is 6.07. The van der Waals surface area contributed by atoms with Gasteiger partial charge in [-0.25, -0.2) is 0 Å². The van der Waals surface area contributed by atoms with E-state index in [4.69, 9.17) is 16.1 Å². The Labute approximate surface area is 135 Å². The second kappa shape index (κ2) is 6.67. The molecule has 118 valence electrons. The third kappa shape index (κ3) is 3.25. The minimum atomic E-state index is 0.161. The van der Waals surface area contributed by atoms with E-state index < -0.39 is 0 Å². The number of piperazine rings is 1. The van der Waals surface area contributed by atoms with Gasteiger partial charge in [0.1, 0.15) is 0 Å². The first-order chi connectivity index (χ1) is 10.7. The zero-order chi connectivity index (χ0) is 15.5. The first-order valence-corrected chi connectivity index (χ1v) is 8.12. The molecule has 1 aliphatic rings. The van der Waals surface area contributed by atoms with E-state index in [1.54, 1.807) is 0 Å². The zero-order valence-electron chi connectivity index (χ0n) is 13.0. The second-order valence-electron chi connectivity index (χ2n) is 5.58. The molecule has 22 heavy (non-hydrogen) atoms. The lowest BCUT2D eigenvalue weighted by Crippen LogP contribution is -2.47. The highest BCUT2D eigenvalue weighted by Crippen LogP contribution is 2.24. The fraction of sp³-hybridized carbons (Fsp3) is 0.500. The molecule has 1 aromatic carbocycles. The lowest BCUT2D eigenvalue weighted by atomic mass is 10.2. The minimum absolute atomic E-state index is 0.161. The average molecular weight is 321 g/mol. The monoisotopic (exact) mass is 320 g/mol. The number of hydrogen-bond acceptors (Lipinski definition) is 5. The summed E-state index contributed by atoms with van der Waals surface area (Å²) in [5, 5.41) is 4.77. The van der Waals surface area contributed by atoms with Crippen molar-refractivity contribution in [3.8, 4) is 0 Å². The molecule has 1 aliphatic heterocycles. The average Bonchev–Trinajstić information content (AvgIpc) is 3.03. The summed E-state index contributed by atoms with van der Waals surface area (Å²) < 4.78 is 5.36. The van der Waals surface area contributed by atoms with E-state index >= 15 is 0 Å². The summed E-state index contributed by atoms with van der Waals surface area (Å²) in [7, 11) is 0. The summed E-state index contributed by atoms with van der Waals surface area (Å²) in [5.74, 6) is 1.49. The molecule has 1 atom stereocenters. The lowest BCUT2D eigenvalue weighted by molar-refractivity contribution is 0.164. The van der Waals surface area contributed by atoms with Gasteiger partial charge in [-0.1, -0.05) is 29.7 Å². The number of aromatic nitrogens is 2. The van der Waals surface area contributed by atoms with Gasteiger partial charge in [-0.3, -0.25) is 4.90 Å². The molecular weight excluding hydrogens is 300 g/mol. The van der Waals surface area contributed by atoms with Gasteiger partial charge in [0, 0.05) is 43.3 Å². The van der Waals surface area contributed by atoms with Crippen molar-refractivity contribution < 1.29 is 4.52 Å². The Morgan fingerprint density at radius 1 is 1.27 bits per heavy atom. The van der Waals surface area contributed by atoms with Crippen molar-refractivity contribution in [3.63, 3.8) is 0 Å². The summed E-state index contributed by atoms with van der Waals surface area (Å²) >= 11 is 6.07. The molecule has 0 bridgehead atoms. The number of nitrogens with zero attached hydrogens (tertiary/aromatic N) is 4. The number of aryl methyl sites for hydroxylation is 1. The maximum atomic E-state index is 6.07. The summed E-state index contributed by atoms with van der Waals surface area (Å²) in [6.45, 7) is 8.04. The number of hydrogen-bond donors (Lipinski definition) is 0. The van der Waals surface area contributed by atoms with Gasteiger partial charge in [0.2, 0.25) is 5.89 Å². The molecule has 2 heterocycles. The van der Waals surface area contributed by atoms with Crippen LogP contribution in [0.15, 0.2) is 28.8 Å². The molecule has 0 unspecified atom stereocenters. The third-order valence-corrected chi connectivity index (χ3v) is 4.43. The molecule has 0 aliphatic carbocycles. The molecule has 3 rings (SSSR count). The molecule has 5 nitrogen and oxygen atoms in total. The van der Waals surface area contributed by atoms with Crippen molar-refractivity contribution in [2.45, 2.75) is 26.3 Å². The van der Waals surface area contributed by atoms with Crippen LogP contribution in [-0.2, 0) is 6.42 Å². The van der Waals surface area contributed by atoms with Crippen LogP contribution in [0.3, 0.4) is 0 Å². The van der Waals surface area contributed by atoms with E-state index in [2.05, 4.69) is 32.9 Å². The summed E-state index contributed by atoms with van der Waals surface area (Å²) in [5.41, 5.74) is 1.19. The quantitative estimate of drug-likeness (QED) is 0.866. The Kier molecular flexibility index (Phi) is 4.64. The SMILES string of the molecule is CCc1noc([C@@H](C)N2CCN(c3cccc(Cl)c3)CC2)n1. The molecule has 0 N–H and O–H groups in total. The molecule has 1 aromatic heterocycles. The zero-order valence-corrected chi connectivity index (χ0v) is 13.8. The summed E-state index contributed by atoms with van der Waals surface area (Å²) in [6, 6.07) is 8.19. The molecule has 0 radical (unpaired) electrons. The van der Waals surface area contributed by atoms with Gasteiger partial charge in [0.25, 0.3) is 0 Å². The largest absolute Gasteiger partial charge is 0.369 e. The van der Waals surface area contributed by atoms with Crippen molar-refractivity contribution in [2.24, 2.45) is 0 Å². The van der Waals surface area contributed by atoms with E-state index in [-0.39, 0.29) is 6.04 Å². The molecule has 0 saturated carbocycles. The van der Waals surface area contributed by atoms with Crippen LogP contribution in [0.2, 0.25) is 5.02 Å². The number of anilines is 1. The van der Waals surface area contributed by atoms with E-state index in [9.17, 15) is 0 Å². The van der Waals surface area contributed by atoms with Gasteiger partial charge in [0.05, 0.1) is 6.04 Å². The Morgan fingerprint density at radius 2 is 2.05 bits per heavy atom. The standard InChI is InChI=1S/C16H21ClN4O/c1-3-15-18-16(22-19-15)12(2)20-7-9-21(10-8-20)14-6-4-5-13(17)11-14/h4-6,11-12H,3,7-10H2,1-2H3/t12-/m1/s1. The summed E-state index contributed by atoms with van der Waals surface area (Å²) in [4.78, 5) is 9.19. The van der Waals surface area contributed by atoms with Crippen LogP contribution in [-0.4, -0.2) is 41.2 Å². The first-order valence-electron chi connectivity index (χ1n) is 7.74. The molecular formula is C16H21ClN4O. The molecule has 2 aromatic rings. The van der Waals surface area contributed by atoms with Gasteiger partial charge in [-0.2, -0.15) is 4.98 Å². The van der Waals surface area contributed by atoms with E-state index in [0.29, 0.717) is 5.89 Å². The fourth-order valence-corrected chi connectivity index (χ4v) is 2.96. The Bertz CT molecular complexity index is 622. The van der Waals surface area contributed by atoms with Gasteiger partial charge in [-0.05, 0) is 25.1 Å². The Balaban J connectivity index is 1.61. The third-order valence-electron chi connectivity index (χ3n) is 4.19. The van der Waals surface area contributed by atoms with Crippen molar-refractivity contribution in [1.82, 2.24) is 15.0 Å². The minimum Gasteiger partial charge on any atom is -0.369 e. The highest BCUT2D eigenvalue weighted by molar-refractivity contribution is 6.30. The maximum Gasteiger partial charge on any atom is 0.243 e. The van der Waals surface area contributed by atoms with Crippen molar-refractivity contribution >= 4 is 17.3 Å². The molecule has 0 spiro atoms. The molecule has 1 fully saturated rings. The Morgan fingerprint density at radius 3 is 2.68 bits per heavy atom. The number of halogens is 1. The Hall–Kier alpha value is -1.59. The van der Waals surface area contributed by atoms with Gasteiger partial charge < -0.3 is 9.42 Å². The topological polar surface area (TPSA) is 45.4 Å². The lowest BCUT2D eigenvalue weighted by Gasteiger charge is -2.38. The van der Waals surface area contributed by atoms with Crippen LogP contribution in [0.1, 0.15) is 31.6 Å². The van der Waals surface area contributed by atoms with Crippen molar-refractivity contribution in [1.29, 1.82) is 0 Å². The van der Waals surface area contributed by atoms with Crippen molar-refractivity contribution in [3.05, 3.63) is 41.0 Å². The number of rotatable bonds is 4. The van der Waals surface area contributed by atoms with Crippen molar-refractivity contribution in [2.75, 3.05) is 31.1 Å². The number of benzene rings is 1. The molecule has 6 heteroatoms. The van der Waals surface area contributed by atoms with E-state index in [1.165, 1.54) is 5.69 Å². The second-order valence-corrected chi connectivity index (χ2v) is 6.02. The first kappa shape index (κ1) is 15.3. The van der Waals surface area contributed by atoms with Gasteiger partial charge >= 0.3 is 0 Å². The highest BCUT2D eigenvalue weighted by Gasteiger charge is 2.25. The highest BCUT2D eigenvalue weighted by atomic mass is 35.5. The fourth-order valence-electron chi connectivity index (χ4n) is 2.78. The van der Waals surface area contributed by atoms with Crippen LogP contribution in [0, 0.1) is 0 Å². The normalized spacial score (nSPS) is 17.7. The van der Waals surface area contributed by atoms with E-state index in [0.717, 1.165) is 43.4 Å². The van der Waals surface area contributed by atoms with Crippen LogP contribution < -0.4 is 4.90 Å². The van der Waals surface area contributed by atoms with Crippen LogP contribution in [0.25, 0.3) is 0 Å². The molecule has 1 saturated heterocycles.